The molecule has 22 heavy (non-hydrogen) atoms. The number of rotatable bonds is 6. The quantitative estimate of drug-likeness (QED) is 0.870. The van der Waals surface area contributed by atoms with E-state index in [9.17, 15) is 4.79 Å². The van der Waals surface area contributed by atoms with Crippen molar-refractivity contribution < 1.29 is 9.53 Å². The Morgan fingerprint density at radius 3 is 2.68 bits per heavy atom. The van der Waals surface area contributed by atoms with Crippen LogP contribution in [0.1, 0.15) is 24.5 Å². The van der Waals surface area contributed by atoms with Crippen LogP contribution in [-0.4, -0.2) is 12.0 Å². The maximum Gasteiger partial charge on any atom is 0.261 e. The number of carbonyl (C=O) groups is 1. The van der Waals surface area contributed by atoms with Gasteiger partial charge in [-0.1, -0.05) is 60.5 Å². The number of aryl methyl sites for hydroxylation is 1. The van der Waals surface area contributed by atoms with E-state index in [1.54, 1.807) is 12.1 Å². The molecule has 0 fully saturated rings. The minimum atomic E-state index is -0.551. The first-order valence-electron chi connectivity index (χ1n) is 7.34. The highest BCUT2D eigenvalue weighted by Crippen LogP contribution is 2.24. The molecule has 1 amide bonds. The lowest BCUT2D eigenvalue weighted by molar-refractivity contribution is -0.128. The van der Waals surface area contributed by atoms with Gasteiger partial charge >= 0.3 is 0 Å². The summed E-state index contributed by atoms with van der Waals surface area (Å²) < 4.78 is 5.72. The predicted octanol–water partition coefficient (Wildman–Crippen LogP) is 4.12. The van der Waals surface area contributed by atoms with Crippen molar-refractivity contribution in [2.75, 3.05) is 0 Å². The van der Waals surface area contributed by atoms with E-state index >= 15 is 0 Å². The average molecular weight is 318 g/mol. The van der Waals surface area contributed by atoms with Crippen molar-refractivity contribution in [3.05, 3.63) is 64.7 Å². The summed E-state index contributed by atoms with van der Waals surface area (Å²) in [5.74, 6) is 0.394. The van der Waals surface area contributed by atoms with Gasteiger partial charge in [-0.15, -0.1) is 0 Å². The second kappa shape index (κ2) is 7.85. The molecular weight excluding hydrogens is 298 g/mol. The fourth-order valence-electron chi connectivity index (χ4n) is 2.14. The zero-order valence-corrected chi connectivity index (χ0v) is 13.6. The summed E-state index contributed by atoms with van der Waals surface area (Å²) in [5.41, 5.74) is 2.24. The Balaban J connectivity index is 1.96. The van der Waals surface area contributed by atoms with Crippen LogP contribution in [0.4, 0.5) is 0 Å². The standard InChI is InChI=1S/C18H20ClNO2/c1-3-16(22-17-10-5-4-9-15(17)19)18(21)20-12-14-8-6-7-13(2)11-14/h4-11,16H,3,12H2,1-2H3,(H,20,21)/t16-/m0/s1. The van der Waals surface area contributed by atoms with Crippen LogP contribution in [-0.2, 0) is 11.3 Å². The molecule has 0 aliphatic heterocycles. The zero-order valence-electron chi connectivity index (χ0n) is 12.8. The van der Waals surface area contributed by atoms with Gasteiger partial charge < -0.3 is 10.1 Å². The fourth-order valence-corrected chi connectivity index (χ4v) is 2.32. The van der Waals surface area contributed by atoms with E-state index in [0.29, 0.717) is 23.7 Å². The Morgan fingerprint density at radius 2 is 2.00 bits per heavy atom. The summed E-state index contributed by atoms with van der Waals surface area (Å²) in [6.07, 6.45) is 0.0231. The Morgan fingerprint density at radius 1 is 1.23 bits per heavy atom. The van der Waals surface area contributed by atoms with Gasteiger partial charge in [0.25, 0.3) is 5.91 Å². The molecule has 3 nitrogen and oxygen atoms in total. The van der Waals surface area contributed by atoms with Gasteiger partial charge in [-0.2, -0.15) is 0 Å². The lowest BCUT2D eigenvalue weighted by Crippen LogP contribution is -2.37. The number of para-hydroxylation sites is 1. The molecule has 0 radical (unpaired) electrons. The van der Waals surface area contributed by atoms with Gasteiger partial charge in [0.1, 0.15) is 5.75 Å². The molecule has 0 bridgehead atoms. The third-order valence-corrected chi connectivity index (χ3v) is 3.63. The number of ether oxygens (including phenoxy) is 1. The smallest absolute Gasteiger partial charge is 0.261 e. The fraction of sp³-hybridized carbons (Fsp3) is 0.278. The first kappa shape index (κ1) is 16.4. The summed E-state index contributed by atoms with van der Waals surface area (Å²) in [6, 6.07) is 15.2. The van der Waals surface area contributed by atoms with Crippen LogP contribution in [0, 0.1) is 6.92 Å². The Bertz CT molecular complexity index is 642. The molecule has 2 aromatic rings. The van der Waals surface area contributed by atoms with E-state index in [0.717, 1.165) is 5.56 Å². The van der Waals surface area contributed by atoms with Crippen LogP contribution >= 0.6 is 11.6 Å². The van der Waals surface area contributed by atoms with E-state index in [1.165, 1.54) is 5.56 Å². The topological polar surface area (TPSA) is 38.3 Å². The lowest BCUT2D eigenvalue weighted by Gasteiger charge is -2.18. The van der Waals surface area contributed by atoms with E-state index in [-0.39, 0.29) is 5.91 Å². The molecule has 2 aromatic carbocycles. The van der Waals surface area contributed by atoms with E-state index in [1.807, 2.05) is 44.2 Å². The minimum absolute atomic E-state index is 0.135. The monoisotopic (exact) mass is 317 g/mol. The molecule has 0 heterocycles. The van der Waals surface area contributed by atoms with Gasteiger partial charge in [0.15, 0.2) is 6.10 Å². The highest BCUT2D eigenvalue weighted by atomic mass is 35.5. The molecule has 116 valence electrons. The third kappa shape index (κ3) is 4.50. The average Bonchev–Trinajstić information content (AvgIpc) is 2.52. The maximum absolute atomic E-state index is 12.3. The van der Waals surface area contributed by atoms with Crippen molar-refractivity contribution in [3.8, 4) is 5.75 Å². The SMILES string of the molecule is CC[C@H](Oc1ccccc1Cl)C(=O)NCc1cccc(C)c1. The largest absolute Gasteiger partial charge is 0.479 e. The van der Waals surface area contributed by atoms with Crippen LogP contribution in [0.2, 0.25) is 5.02 Å². The first-order valence-corrected chi connectivity index (χ1v) is 7.72. The van der Waals surface area contributed by atoms with Crippen LogP contribution in [0.15, 0.2) is 48.5 Å². The number of hydrogen-bond donors (Lipinski definition) is 1. The second-order valence-corrected chi connectivity index (χ2v) is 5.56. The Labute approximate surface area is 136 Å². The maximum atomic E-state index is 12.3. The minimum Gasteiger partial charge on any atom is -0.479 e. The Kier molecular flexibility index (Phi) is 5.84. The van der Waals surface area contributed by atoms with Gasteiger partial charge in [-0.3, -0.25) is 4.79 Å². The summed E-state index contributed by atoms with van der Waals surface area (Å²) >= 11 is 6.06. The van der Waals surface area contributed by atoms with Gasteiger partial charge in [-0.05, 0) is 31.0 Å². The normalized spacial score (nSPS) is 11.8. The molecule has 0 unspecified atom stereocenters. The van der Waals surface area contributed by atoms with E-state index in [2.05, 4.69) is 11.4 Å². The number of hydrogen-bond acceptors (Lipinski definition) is 2. The highest BCUT2D eigenvalue weighted by molar-refractivity contribution is 6.32. The number of carbonyl (C=O) groups excluding carboxylic acids is 1. The molecule has 2 rings (SSSR count). The number of nitrogens with one attached hydrogen (secondary N) is 1. The highest BCUT2D eigenvalue weighted by Gasteiger charge is 2.19. The van der Waals surface area contributed by atoms with Crippen molar-refractivity contribution in [2.45, 2.75) is 32.9 Å². The second-order valence-electron chi connectivity index (χ2n) is 5.15. The van der Waals surface area contributed by atoms with Crippen LogP contribution in [0.25, 0.3) is 0 Å². The third-order valence-electron chi connectivity index (χ3n) is 3.32. The van der Waals surface area contributed by atoms with Crippen molar-refractivity contribution in [3.63, 3.8) is 0 Å². The number of benzene rings is 2. The Hall–Kier alpha value is -2.00. The van der Waals surface area contributed by atoms with Crippen molar-refractivity contribution in [1.82, 2.24) is 5.32 Å². The summed E-state index contributed by atoms with van der Waals surface area (Å²) in [7, 11) is 0. The van der Waals surface area contributed by atoms with E-state index in [4.69, 9.17) is 16.3 Å². The summed E-state index contributed by atoms with van der Waals surface area (Å²) in [5, 5.41) is 3.42. The molecule has 1 atom stereocenters. The van der Waals surface area contributed by atoms with Gasteiger partial charge in [0.05, 0.1) is 5.02 Å². The zero-order chi connectivity index (χ0) is 15.9. The molecule has 0 saturated heterocycles. The van der Waals surface area contributed by atoms with Crippen molar-refractivity contribution in [2.24, 2.45) is 0 Å². The predicted molar refractivity (Wildman–Crippen MR) is 89.2 cm³/mol. The molecule has 0 saturated carbocycles. The number of halogens is 1. The van der Waals surface area contributed by atoms with Crippen LogP contribution in [0.3, 0.4) is 0 Å². The molecular formula is C18H20ClNO2. The first-order chi connectivity index (χ1) is 10.6. The van der Waals surface area contributed by atoms with Gasteiger partial charge in [-0.25, -0.2) is 0 Å². The van der Waals surface area contributed by atoms with Crippen molar-refractivity contribution in [1.29, 1.82) is 0 Å². The lowest BCUT2D eigenvalue weighted by atomic mass is 10.1. The van der Waals surface area contributed by atoms with Gasteiger partial charge in [0, 0.05) is 6.54 Å². The van der Waals surface area contributed by atoms with Crippen molar-refractivity contribution >= 4 is 17.5 Å². The summed E-state index contributed by atoms with van der Waals surface area (Å²) in [4.78, 5) is 12.3. The molecule has 0 aromatic heterocycles. The van der Waals surface area contributed by atoms with Crippen LogP contribution in [0.5, 0.6) is 5.75 Å². The molecule has 4 heteroatoms. The van der Waals surface area contributed by atoms with Gasteiger partial charge in [0.2, 0.25) is 0 Å². The van der Waals surface area contributed by atoms with Crippen LogP contribution < -0.4 is 10.1 Å². The molecule has 1 N–H and O–H groups in total. The summed E-state index contributed by atoms with van der Waals surface area (Å²) in [6.45, 7) is 4.43. The molecule has 0 aliphatic carbocycles. The molecule has 0 spiro atoms. The molecule has 0 aliphatic rings. The van der Waals surface area contributed by atoms with E-state index < -0.39 is 6.10 Å². The number of amides is 1.